The normalized spacial score (nSPS) is 27.1. The first kappa shape index (κ1) is 20.9. The number of ether oxygens (including phenoxy) is 5. The van der Waals surface area contributed by atoms with Crippen molar-refractivity contribution in [3.8, 4) is 5.75 Å². The third kappa shape index (κ3) is 3.73. The SMILES string of the molecule is [B]C(=O)N(P)c1ccc2cc(O[C@@H]3OC(C)(C)[C@H](OC)[C@H]4OC(=O)O[C@@H]34)ccc2c1. The molecule has 2 aromatic carbocycles. The second kappa shape index (κ2) is 7.73. The molecule has 2 aliphatic rings. The quantitative estimate of drug-likeness (QED) is 0.420. The average molecular weight is 429 g/mol. The van der Waals surface area contributed by atoms with Gasteiger partial charge in [0.1, 0.15) is 11.9 Å². The van der Waals surface area contributed by atoms with E-state index >= 15 is 0 Å². The fraction of sp³-hybridized carbons (Fsp3) is 0.400. The van der Waals surface area contributed by atoms with Gasteiger partial charge in [-0.05, 0) is 58.3 Å². The molecule has 0 saturated carbocycles. The Morgan fingerprint density at radius 1 is 1.13 bits per heavy atom. The molecule has 0 aliphatic carbocycles. The molecule has 0 aromatic heterocycles. The van der Waals surface area contributed by atoms with Crippen LogP contribution in [0.4, 0.5) is 15.3 Å². The maximum atomic E-state index is 11.7. The van der Waals surface area contributed by atoms with Crippen LogP contribution in [0.5, 0.6) is 5.75 Å². The molecule has 10 heteroatoms. The minimum Gasteiger partial charge on any atom is -0.461 e. The van der Waals surface area contributed by atoms with E-state index in [9.17, 15) is 9.59 Å². The number of hydrogen-bond donors (Lipinski definition) is 0. The van der Waals surface area contributed by atoms with Crippen LogP contribution in [-0.2, 0) is 18.9 Å². The first-order valence-electron chi connectivity index (χ1n) is 9.32. The van der Waals surface area contributed by atoms with E-state index in [1.54, 1.807) is 12.1 Å². The van der Waals surface area contributed by atoms with Crippen molar-refractivity contribution in [3.05, 3.63) is 36.4 Å². The number of rotatable bonds is 4. The van der Waals surface area contributed by atoms with Crippen LogP contribution in [0, 0.1) is 0 Å². The van der Waals surface area contributed by atoms with Crippen LogP contribution >= 0.6 is 9.39 Å². The van der Waals surface area contributed by atoms with E-state index < -0.39 is 42.2 Å². The third-order valence-corrected chi connectivity index (χ3v) is 5.83. The summed E-state index contributed by atoms with van der Waals surface area (Å²) in [6, 6.07) is 10.9. The lowest BCUT2D eigenvalue weighted by Gasteiger charge is -2.45. The molecule has 8 nitrogen and oxygen atoms in total. The smallest absolute Gasteiger partial charge is 0.461 e. The first-order valence-corrected chi connectivity index (χ1v) is 9.84. The van der Waals surface area contributed by atoms with Crippen LogP contribution in [0.15, 0.2) is 36.4 Å². The summed E-state index contributed by atoms with van der Waals surface area (Å²) < 4.78 is 29.5. The van der Waals surface area contributed by atoms with Crippen LogP contribution < -0.4 is 9.41 Å². The van der Waals surface area contributed by atoms with Gasteiger partial charge in [-0.1, -0.05) is 12.1 Å². The molecule has 2 aliphatic heterocycles. The summed E-state index contributed by atoms with van der Waals surface area (Å²) in [6.07, 6.45) is -3.53. The molecule has 4 rings (SSSR count). The van der Waals surface area contributed by atoms with Gasteiger partial charge in [-0.2, -0.15) is 0 Å². The molecule has 2 radical (unpaired) electrons. The zero-order chi connectivity index (χ0) is 21.6. The van der Waals surface area contributed by atoms with E-state index in [1.165, 1.54) is 11.8 Å². The van der Waals surface area contributed by atoms with Gasteiger partial charge >= 0.3 is 6.16 Å². The minimum absolute atomic E-state index is 0.496. The summed E-state index contributed by atoms with van der Waals surface area (Å²) >= 11 is 0. The van der Waals surface area contributed by atoms with Crippen LogP contribution in [0.25, 0.3) is 10.8 Å². The van der Waals surface area contributed by atoms with Gasteiger partial charge in [0.05, 0.1) is 5.60 Å². The van der Waals surface area contributed by atoms with Gasteiger partial charge in [0.25, 0.3) is 0 Å². The standard InChI is InChI=1S/C20H21BNO7P/c1-20(2)16(25-3)14-15(28-19(24)27-14)17(29-20)26-13-7-5-10-8-12(22(30)18(21)23)6-4-11(10)9-13/h4-9,14-17H,30H2,1-3H3/t14-,15+,16+,17+/m0/s1. The van der Waals surface area contributed by atoms with Crippen molar-refractivity contribution in [1.82, 2.24) is 0 Å². The molecule has 2 fully saturated rings. The Morgan fingerprint density at radius 3 is 2.50 bits per heavy atom. The van der Waals surface area contributed by atoms with Crippen molar-refractivity contribution in [2.24, 2.45) is 0 Å². The Labute approximate surface area is 177 Å². The first-order chi connectivity index (χ1) is 14.2. The maximum absolute atomic E-state index is 11.7. The van der Waals surface area contributed by atoms with Gasteiger partial charge in [0.2, 0.25) is 20.2 Å². The fourth-order valence-electron chi connectivity index (χ4n) is 3.86. The summed E-state index contributed by atoms with van der Waals surface area (Å²) in [5.41, 5.74) is -0.119. The lowest BCUT2D eigenvalue weighted by Crippen LogP contribution is -2.62. The van der Waals surface area contributed by atoms with Gasteiger partial charge in [-0.25, -0.2) is 4.79 Å². The van der Waals surface area contributed by atoms with Gasteiger partial charge < -0.3 is 28.4 Å². The van der Waals surface area contributed by atoms with Gasteiger partial charge in [0.15, 0.2) is 11.9 Å². The van der Waals surface area contributed by atoms with Crippen molar-refractivity contribution in [2.75, 3.05) is 11.8 Å². The summed E-state index contributed by atoms with van der Waals surface area (Å²) in [5, 5.41) is 1.78. The fourth-order valence-corrected chi connectivity index (χ4v) is 4.02. The summed E-state index contributed by atoms with van der Waals surface area (Å²) in [6.45, 7) is 3.68. The highest BCUT2D eigenvalue weighted by Gasteiger charge is 2.58. The monoisotopic (exact) mass is 429 g/mol. The molecule has 0 spiro atoms. The Hall–Kier alpha value is -2.35. The average Bonchev–Trinajstić information content (AvgIpc) is 3.07. The van der Waals surface area contributed by atoms with E-state index in [4.69, 9.17) is 31.5 Å². The highest BCUT2D eigenvalue weighted by atomic mass is 31.0. The number of methoxy groups -OCH3 is 1. The molecule has 1 amide bonds. The molecule has 0 N–H and O–H groups in total. The highest BCUT2D eigenvalue weighted by Crippen LogP contribution is 2.39. The second-order valence-corrected chi connectivity index (χ2v) is 8.20. The van der Waals surface area contributed by atoms with E-state index in [-0.39, 0.29) is 0 Å². The Bertz CT molecular complexity index is 1000. The number of hydrogen-bond acceptors (Lipinski definition) is 7. The maximum Gasteiger partial charge on any atom is 0.509 e. The largest absolute Gasteiger partial charge is 0.509 e. The Morgan fingerprint density at radius 2 is 1.80 bits per heavy atom. The zero-order valence-corrected chi connectivity index (χ0v) is 17.9. The summed E-state index contributed by atoms with van der Waals surface area (Å²) in [4.78, 5) is 23.1. The highest BCUT2D eigenvalue weighted by molar-refractivity contribution is 7.22. The topological polar surface area (TPSA) is 83.5 Å². The molecule has 30 heavy (non-hydrogen) atoms. The lowest BCUT2D eigenvalue weighted by atomic mass is 9.89. The number of benzene rings is 2. The summed E-state index contributed by atoms with van der Waals surface area (Å²) in [7, 11) is 9.13. The van der Waals surface area contributed by atoms with E-state index in [1.807, 2.05) is 38.1 Å². The number of nitrogens with zero attached hydrogens (tertiary/aromatic N) is 1. The number of anilines is 1. The lowest BCUT2D eigenvalue weighted by molar-refractivity contribution is -0.282. The predicted octanol–water partition coefficient (Wildman–Crippen LogP) is 3.16. The number of carbonyl (C=O) groups excluding carboxylic acids is 2. The van der Waals surface area contributed by atoms with E-state index in [0.29, 0.717) is 11.4 Å². The van der Waals surface area contributed by atoms with Crippen molar-refractivity contribution in [3.63, 3.8) is 0 Å². The molecular weight excluding hydrogens is 408 g/mol. The number of carbonyl (C=O) groups is 2. The molecule has 1 unspecified atom stereocenters. The molecule has 2 aromatic rings. The second-order valence-electron chi connectivity index (χ2n) is 7.68. The van der Waals surface area contributed by atoms with E-state index in [0.717, 1.165) is 10.8 Å². The molecule has 2 saturated heterocycles. The van der Waals surface area contributed by atoms with Gasteiger partial charge in [0, 0.05) is 12.8 Å². The van der Waals surface area contributed by atoms with Crippen molar-refractivity contribution in [2.45, 2.75) is 44.1 Å². The Balaban J connectivity index is 1.59. The van der Waals surface area contributed by atoms with Crippen molar-refractivity contribution >= 4 is 45.7 Å². The predicted molar refractivity (Wildman–Crippen MR) is 113 cm³/mol. The third-order valence-electron chi connectivity index (χ3n) is 5.28. The molecular formula is C20H21BNO7P. The van der Waals surface area contributed by atoms with Crippen LogP contribution in [-0.4, -0.2) is 57.1 Å². The number of fused-ring (bicyclic) bond motifs is 2. The zero-order valence-electron chi connectivity index (χ0n) is 16.7. The summed E-state index contributed by atoms with van der Waals surface area (Å²) in [5.74, 6) is -0.0418. The minimum atomic E-state index is -0.864. The number of amides is 1. The molecule has 2 heterocycles. The van der Waals surface area contributed by atoms with Crippen molar-refractivity contribution < 1.29 is 33.3 Å². The van der Waals surface area contributed by atoms with Crippen LogP contribution in [0.3, 0.4) is 0 Å². The van der Waals surface area contributed by atoms with Gasteiger partial charge in [-0.3, -0.25) is 4.79 Å². The molecule has 156 valence electrons. The molecule has 5 atom stereocenters. The van der Waals surface area contributed by atoms with Gasteiger partial charge in [-0.15, -0.1) is 0 Å². The van der Waals surface area contributed by atoms with Crippen LogP contribution in [0.1, 0.15) is 13.8 Å². The van der Waals surface area contributed by atoms with Crippen molar-refractivity contribution in [1.29, 1.82) is 0 Å². The Kier molecular flexibility index (Phi) is 5.38. The molecule has 0 bridgehead atoms. The van der Waals surface area contributed by atoms with E-state index in [2.05, 4.69) is 9.39 Å². The van der Waals surface area contributed by atoms with Crippen LogP contribution in [0.2, 0.25) is 0 Å².